The van der Waals surface area contributed by atoms with Crippen molar-refractivity contribution in [1.29, 1.82) is 0 Å². The van der Waals surface area contributed by atoms with Crippen LogP contribution in [0.4, 0.5) is 0 Å². The molecule has 4 aromatic rings. The van der Waals surface area contributed by atoms with Crippen LogP contribution in [0, 0.1) is 0 Å². The third-order valence-electron chi connectivity index (χ3n) is 6.23. The number of rotatable bonds is 6. The molecule has 0 radical (unpaired) electrons. The summed E-state index contributed by atoms with van der Waals surface area (Å²) in [5.74, 6) is 1.47. The monoisotopic (exact) mass is 600 g/mol. The van der Waals surface area contributed by atoms with Crippen molar-refractivity contribution in [3.8, 4) is 11.5 Å². The van der Waals surface area contributed by atoms with Crippen LogP contribution in [0.1, 0.15) is 22.3 Å². The molecule has 0 fully saturated rings. The van der Waals surface area contributed by atoms with E-state index in [1.165, 1.54) is 0 Å². The smallest absolute Gasteiger partial charge is 0.195 e. The molecule has 0 saturated heterocycles. The maximum atomic E-state index is 14.3. The van der Waals surface area contributed by atoms with Crippen molar-refractivity contribution in [2.45, 2.75) is 0 Å². The van der Waals surface area contributed by atoms with Gasteiger partial charge in [0.1, 0.15) is 11.5 Å². The third kappa shape index (κ3) is 4.57. The summed E-state index contributed by atoms with van der Waals surface area (Å²) in [5, 5.41) is 0. The van der Waals surface area contributed by atoms with Crippen molar-refractivity contribution in [3.63, 3.8) is 0 Å². The van der Waals surface area contributed by atoms with Gasteiger partial charge in [-0.05, 0) is 70.8 Å². The molecule has 0 bridgehead atoms. The first kappa shape index (κ1) is 24.3. The molecule has 5 rings (SSSR count). The second-order valence-corrected chi connectivity index (χ2v) is 10.1. The summed E-state index contributed by atoms with van der Waals surface area (Å²) >= 11 is 7.09. The van der Waals surface area contributed by atoms with Crippen LogP contribution in [0.3, 0.4) is 0 Å². The van der Waals surface area contributed by atoms with Gasteiger partial charge in [-0.1, -0.05) is 80.4 Å². The van der Waals surface area contributed by atoms with Crippen LogP contribution in [-0.4, -0.2) is 20.0 Å². The van der Waals surface area contributed by atoms with Crippen LogP contribution in [-0.2, 0) is 4.79 Å². The minimum Gasteiger partial charge on any atom is -0.497 e. The Bertz CT molecular complexity index is 1360. The molecule has 36 heavy (non-hydrogen) atoms. The molecular formula is C31H22Br2O3. The quantitative estimate of drug-likeness (QED) is 0.223. The zero-order valence-electron chi connectivity index (χ0n) is 19.7. The Morgan fingerprint density at radius 3 is 1.03 bits per heavy atom. The van der Waals surface area contributed by atoms with Crippen LogP contribution in [0.2, 0.25) is 0 Å². The van der Waals surface area contributed by atoms with Gasteiger partial charge in [0.2, 0.25) is 0 Å². The molecule has 0 amide bonds. The number of halogens is 2. The molecule has 0 aromatic heterocycles. The van der Waals surface area contributed by atoms with E-state index >= 15 is 0 Å². The Labute approximate surface area is 227 Å². The van der Waals surface area contributed by atoms with Gasteiger partial charge in [-0.3, -0.25) is 4.79 Å². The van der Waals surface area contributed by atoms with E-state index in [9.17, 15) is 4.79 Å². The number of ether oxygens (including phenoxy) is 2. The van der Waals surface area contributed by atoms with Crippen LogP contribution >= 0.6 is 31.9 Å². The lowest BCUT2D eigenvalue weighted by Gasteiger charge is -2.14. The van der Waals surface area contributed by atoms with E-state index in [2.05, 4.69) is 31.9 Å². The van der Waals surface area contributed by atoms with Gasteiger partial charge in [-0.25, -0.2) is 0 Å². The van der Waals surface area contributed by atoms with E-state index < -0.39 is 0 Å². The molecular weight excluding hydrogens is 580 g/mol. The second-order valence-electron chi connectivity index (χ2n) is 8.30. The van der Waals surface area contributed by atoms with Crippen LogP contribution in [0.15, 0.2) is 106 Å². The molecule has 1 aliphatic carbocycles. The van der Waals surface area contributed by atoms with Gasteiger partial charge in [-0.2, -0.15) is 0 Å². The SMILES string of the molecule is COc1ccc(C2=C(c3ccc(Br)cc3)C(c3ccc(Br)cc3)=C(c3ccc(OC)cc3)C2=O)cc1. The molecule has 0 heterocycles. The third-order valence-corrected chi connectivity index (χ3v) is 7.28. The average molecular weight is 602 g/mol. The number of allylic oxidation sites excluding steroid dienone is 4. The number of carbonyl (C=O) groups excluding carboxylic acids is 1. The number of hydrogen-bond donors (Lipinski definition) is 0. The first-order valence-corrected chi connectivity index (χ1v) is 12.9. The van der Waals surface area contributed by atoms with Crippen molar-refractivity contribution in [1.82, 2.24) is 0 Å². The highest BCUT2D eigenvalue weighted by Crippen LogP contribution is 2.50. The number of Topliss-reactive ketones (excluding diaryl/α,β-unsaturated/α-hetero) is 1. The standard InChI is InChI=1S/C31H22Br2O3/c1-35-25-15-7-21(8-16-25)29-27(19-3-11-23(32)12-4-19)28(20-5-13-24(33)14-6-20)30(31(29)34)22-9-17-26(36-2)18-10-22/h3-18H,1-2H3. The second kappa shape index (κ2) is 10.3. The highest BCUT2D eigenvalue weighted by Gasteiger charge is 2.35. The summed E-state index contributed by atoms with van der Waals surface area (Å²) in [4.78, 5) is 14.3. The fourth-order valence-corrected chi connectivity index (χ4v) is 5.01. The molecule has 3 nitrogen and oxygen atoms in total. The molecule has 0 aliphatic heterocycles. The van der Waals surface area contributed by atoms with Gasteiger partial charge < -0.3 is 9.47 Å². The first-order valence-electron chi connectivity index (χ1n) is 11.3. The minimum atomic E-state index is -0.0128. The molecule has 5 heteroatoms. The average Bonchev–Trinajstić information content (AvgIpc) is 3.22. The van der Waals surface area contributed by atoms with Gasteiger partial charge in [0.15, 0.2) is 5.78 Å². The summed E-state index contributed by atoms with van der Waals surface area (Å²) in [6.07, 6.45) is 0. The predicted octanol–water partition coefficient (Wildman–Crippen LogP) is 8.33. The largest absolute Gasteiger partial charge is 0.497 e. The summed E-state index contributed by atoms with van der Waals surface area (Å²) in [6, 6.07) is 31.5. The Morgan fingerprint density at radius 2 is 0.722 bits per heavy atom. The first-order chi connectivity index (χ1) is 17.5. The Kier molecular flexibility index (Phi) is 6.95. The number of benzene rings is 4. The fourth-order valence-electron chi connectivity index (χ4n) is 4.48. The molecule has 0 atom stereocenters. The summed E-state index contributed by atoms with van der Waals surface area (Å²) in [6.45, 7) is 0. The van der Waals surface area contributed by atoms with Crippen molar-refractivity contribution < 1.29 is 14.3 Å². The minimum absolute atomic E-state index is 0.0128. The highest BCUT2D eigenvalue weighted by atomic mass is 79.9. The van der Waals surface area contributed by atoms with Crippen molar-refractivity contribution >= 4 is 59.9 Å². The summed E-state index contributed by atoms with van der Waals surface area (Å²) in [5.41, 5.74) is 6.79. The lowest BCUT2D eigenvalue weighted by Crippen LogP contribution is -2.02. The Hall–Kier alpha value is -3.41. The lowest BCUT2D eigenvalue weighted by atomic mass is 9.89. The van der Waals surface area contributed by atoms with Crippen LogP contribution in [0.5, 0.6) is 11.5 Å². The van der Waals surface area contributed by atoms with E-state index in [0.717, 1.165) is 53.8 Å². The molecule has 178 valence electrons. The van der Waals surface area contributed by atoms with Gasteiger partial charge in [0, 0.05) is 31.2 Å². The molecule has 0 spiro atoms. The number of ketones is 1. The van der Waals surface area contributed by atoms with Crippen molar-refractivity contribution in [3.05, 3.63) is 128 Å². The highest BCUT2D eigenvalue weighted by molar-refractivity contribution is 9.10. The van der Waals surface area contributed by atoms with E-state index in [0.29, 0.717) is 11.1 Å². The zero-order chi connectivity index (χ0) is 25.2. The zero-order valence-corrected chi connectivity index (χ0v) is 22.9. The van der Waals surface area contributed by atoms with Gasteiger partial charge in [-0.15, -0.1) is 0 Å². The van der Waals surface area contributed by atoms with Crippen LogP contribution in [0.25, 0.3) is 22.3 Å². The fraction of sp³-hybridized carbons (Fsp3) is 0.0645. The van der Waals surface area contributed by atoms with Gasteiger partial charge >= 0.3 is 0 Å². The topological polar surface area (TPSA) is 35.5 Å². The summed E-state index contributed by atoms with van der Waals surface area (Å²) < 4.78 is 12.7. The summed E-state index contributed by atoms with van der Waals surface area (Å²) in [7, 11) is 3.27. The van der Waals surface area contributed by atoms with Crippen LogP contribution < -0.4 is 9.47 Å². The van der Waals surface area contributed by atoms with Crippen molar-refractivity contribution in [2.24, 2.45) is 0 Å². The van der Waals surface area contributed by atoms with Gasteiger partial charge in [0.05, 0.1) is 14.2 Å². The Balaban J connectivity index is 1.82. The predicted molar refractivity (Wildman–Crippen MR) is 153 cm³/mol. The number of carbonyl (C=O) groups is 1. The lowest BCUT2D eigenvalue weighted by molar-refractivity contribution is -0.108. The maximum Gasteiger partial charge on any atom is 0.195 e. The van der Waals surface area contributed by atoms with E-state index in [1.54, 1.807) is 14.2 Å². The number of hydrogen-bond acceptors (Lipinski definition) is 3. The maximum absolute atomic E-state index is 14.3. The molecule has 4 aromatic carbocycles. The molecule has 0 saturated carbocycles. The van der Waals surface area contributed by atoms with Crippen molar-refractivity contribution in [2.75, 3.05) is 14.2 Å². The Morgan fingerprint density at radius 1 is 0.444 bits per heavy atom. The van der Waals surface area contributed by atoms with E-state index in [1.807, 2.05) is 97.1 Å². The molecule has 0 unspecified atom stereocenters. The molecule has 0 N–H and O–H groups in total. The van der Waals surface area contributed by atoms with E-state index in [4.69, 9.17) is 9.47 Å². The van der Waals surface area contributed by atoms with E-state index in [-0.39, 0.29) is 5.78 Å². The molecule has 1 aliphatic rings. The normalized spacial score (nSPS) is 13.4. The van der Waals surface area contributed by atoms with Gasteiger partial charge in [0.25, 0.3) is 0 Å². The number of methoxy groups -OCH3 is 2.